The van der Waals surface area contributed by atoms with Gasteiger partial charge in [-0.25, -0.2) is 4.98 Å². The average molecular weight is 423 g/mol. The number of carboxylic acid groups (broad SMARTS) is 1. The Morgan fingerprint density at radius 3 is 2.87 bits per heavy atom. The SMILES string of the molecule is O=C(O)C(c1ccccc1)N1CC[C@@H](C(=O)NCCCc2ccc3c(n2)NCCC3)C1. The first-order valence-electron chi connectivity index (χ1n) is 11.1. The van der Waals surface area contributed by atoms with Gasteiger partial charge in [-0.3, -0.25) is 14.5 Å². The van der Waals surface area contributed by atoms with E-state index in [1.165, 1.54) is 5.56 Å². The second kappa shape index (κ2) is 9.92. The molecule has 0 bridgehead atoms. The van der Waals surface area contributed by atoms with E-state index in [9.17, 15) is 14.7 Å². The van der Waals surface area contributed by atoms with Crippen molar-refractivity contribution < 1.29 is 14.7 Å². The van der Waals surface area contributed by atoms with Crippen LogP contribution in [0.3, 0.4) is 0 Å². The molecule has 2 aliphatic heterocycles. The first kappa shape index (κ1) is 21.3. The van der Waals surface area contributed by atoms with E-state index >= 15 is 0 Å². The number of likely N-dealkylation sites (tertiary alicyclic amines) is 1. The van der Waals surface area contributed by atoms with Gasteiger partial charge in [-0.1, -0.05) is 36.4 Å². The summed E-state index contributed by atoms with van der Waals surface area (Å²) in [7, 11) is 0. The topological polar surface area (TPSA) is 94.6 Å². The van der Waals surface area contributed by atoms with Crippen LogP contribution in [-0.2, 0) is 22.4 Å². The summed E-state index contributed by atoms with van der Waals surface area (Å²) in [5.74, 6) is -0.0269. The summed E-state index contributed by atoms with van der Waals surface area (Å²) in [6.07, 6.45) is 4.56. The van der Waals surface area contributed by atoms with Crippen LogP contribution in [0.1, 0.15) is 42.1 Å². The number of rotatable bonds is 8. The Hall–Kier alpha value is -2.93. The minimum Gasteiger partial charge on any atom is -0.480 e. The molecule has 4 rings (SSSR count). The fraction of sp³-hybridized carbons (Fsp3) is 0.458. The van der Waals surface area contributed by atoms with E-state index in [4.69, 9.17) is 4.98 Å². The van der Waals surface area contributed by atoms with Crippen LogP contribution in [0.2, 0.25) is 0 Å². The Balaban J connectivity index is 1.24. The number of aliphatic carboxylic acids is 1. The van der Waals surface area contributed by atoms with Crippen LogP contribution in [0.5, 0.6) is 0 Å². The Kier molecular flexibility index (Phi) is 6.82. The highest BCUT2D eigenvalue weighted by Gasteiger charge is 2.36. The van der Waals surface area contributed by atoms with E-state index in [2.05, 4.69) is 22.8 Å². The van der Waals surface area contributed by atoms with Gasteiger partial charge in [0.2, 0.25) is 5.91 Å². The molecule has 1 unspecified atom stereocenters. The third-order valence-electron chi connectivity index (χ3n) is 6.17. The van der Waals surface area contributed by atoms with Crippen molar-refractivity contribution in [2.45, 2.75) is 38.1 Å². The summed E-state index contributed by atoms with van der Waals surface area (Å²) >= 11 is 0. The second-order valence-corrected chi connectivity index (χ2v) is 8.37. The van der Waals surface area contributed by atoms with Crippen LogP contribution >= 0.6 is 0 Å². The molecule has 0 aliphatic carbocycles. The summed E-state index contributed by atoms with van der Waals surface area (Å²) in [5.41, 5.74) is 3.08. The minimum absolute atomic E-state index is 0.0137. The molecular weight excluding hydrogens is 392 g/mol. The van der Waals surface area contributed by atoms with Gasteiger partial charge in [-0.05, 0) is 49.3 Å². The maximum absolute atomic E-state index is 12.6. The molecule has 0 radical (unpaired) electrons. The van der Waals surface area contributed by atoms with Crippen LogP contribution in [0.15, 0.2) is 42.5 Å². The van der Waals surface area contributed by atoms with E-state index in [0.717, 1.165) is 49.3 Å². The predicted molar refractivity (Wildman–Crippen MR) is 119 cm³/mol. The number of nitrogens with zero attached hydrogens (tertiary/aromatic N) is 2. The largest absolute Gasteiger partial charge is 0.480 e. The van der Waals surface area contributed by atoms with E-state index in [-0.39, 0.29) is 11.8 Å². The lowest BCUT2D eigenvalue weighted by Gasteiger charge is -2.24. The van der Waals surface area contributed by atoms with Crippen molar-refractivity contribution in [2.75, 3.05) is 31.5 Å². The zero-order valence-electron chi connectivity index (χ0n) is 17.7. The fourth-order valence-electron chi connectivity index (χ4n) is 4.51. The normalized spacial score (nSPS) is 19.3. The van der Waals surface area contributed by atoms with Crippen LogP contribution in [0.25, 0.3) is 0 Å². The number of hydrogen-bond donors (Lipinski definition) is 3. The number of fused-ring (bicyclic) bond motifs is 1. The molecule has 2 aliphatic rings. The van der Waals surface area contributed by atoms with Gasteiger partial charge in [0.25, 0.3) is 0 Å². The maximum Gasteiger partial charge on any atom is 0.325 e. The molecule has 7 heteroatoms. The molecule has 31 heavy (non-hydrogen) atoms. The molecule has 164 valence electrons. The fourth-order valence-corrected chi connectivity index (χ4v) is 4.51. The van der Waals surface area contributed by atoms with Crippen molar-refractivity contribution in [3.63, 3.8) is 0 Å². The van der Waals surface area contributed by atoms with Crippen molar-refractivity contribution in [2.24, 2.45) is 5.92 Å². The number of aryl methyl sites for hydroxylation is 2. The Morgan fingerprint density at radius 2 is 2.06 bits per heavy atom. The summed E-state index contributed by atoms with van der Waals surface area (Å²) in [4.78, 5) is 31.0. The molecule has 1 aromatic heterocycles. The van der Waals surface area contributed by atoms with Gasteiger partial charge in [-0.2, -0.15) is 0 Å². The third kappa shape index (κ3) is 5.22. The van der Waals surface area contributed by atoms with Crippen LogP contribution < -0.4 is 10.6 Å². The molecule has 3 N–H and O–H groups in total. The summed E-state index contributed by atoms with van der Waals surface area (Å²) in [5, 5.41) is 16.1. The first-order valence-corrected chi connectivity index (χ1v) is 11.1. The minimum atomic E-state index is -0.876. The highest BCUT2D eigenvalue weighted by atomic mass is 16.4. The Bertz CT molecular complexity index is 918. The summed E-state index contributed by atoms with van der Waals surface area (Å²) in [6.45, 7) is 2.65. The number of benzene rings is 1. The molecule has 0 spiro atoms. The first-order chi connectivity index (χ1) is 15.1. The van der Waals surface area contributed by atoms with E-state index < -0.39 is 12.0 Å². The molecule has 7 nitrogen and oxygen atoms in total. The van der Waals surface area contributed by atoms with Gasteiger partial charge in [-0.15, -0.1) is 0 Å². The standard InChI is InChI=1S/C24H30N4O3/c29-23(26-14-5-9-20-11-10-18-8-4-13-25-22(18)27-20)19-12-15-28(16-19)21(24(30)31)17-6-2-1-3-7-17/h1-3,6-7,10-11,19,21H,4-5,8-9,12-16H2,(H,25,27)(H,26,29)(H,30,31)/t19-,21?/m1/s1. The average Bonchev–Trinajstić information content (AvgIpc) is 3.27. The summed E-state index contributed by atoms with van der Waals surface area (Å²) in [6, 6.07) is 12.8. The number of carbonyl (C=O) groups is 2. The Labute approximate surface area is 182 Å². The van der Waals surface area contributed by atoms with Gasteiger partial charge in [0, 0.05) is 31.9 Å². The quantitative estimate of drug-likeness (QED) is 0.566. The molecule has 2 aromatic rings. The number of anilines is 1. The van der Waals surface area contributed by atoms with Gasteiger partial charge in [0.1, 0.15) is 11.9 Å². The predicted octanol–water partition coefficient (Wildman–Crippen LogP) is 2.64. The number of pyridine rings is 1. The molecule has 1 saturated heterocycles. The number of hydrogen-bond acceptors (Lipinski definition) is 5. The number of aromatic nitrogens is 1. The van der Waals surface area contributed by atoms with Crippen molar-refractivity contribution in [1.29, 1.82) is 0 Å². The van der Waals surface area contributed by atoms with Crippen LogP contribution in [-0.4, -0.2) is 53.0 Å². The van der Waals surface area contributed by atoms with Crippen molar-refractivity contribution in [1.82, 2.24) is 15.2 Å². The lowest BCUT2D eigenvalue weighted by Crippen LogP contribution is -2.36. The second-order valence-electron chi connectivity index (χ2n) is 8.37. The van der Waals surface area contributed by atoms with Gasteiger partial charge in [0.05, 0.1) is 5.92 Å². The van der Waals surface area contributed by atoms with E-state index in [0.29, 0.717) is 26.1 Å². The van der Waals surface area contributed by atoms with Crippen molar-refractivity contribution in [3.8, 4) is 0 Å². The molecule has 1 amide bonds. The summed E-state index contributed by atoms with van der Waals surface area (Å²) < 4.78 is 0. The molecule has 1 aromatic carbocycles. The highest BCUT2D eigenvalue weighted by Crippen LogP contribution is 2.28. The van der Waals surface area contributed by atoms with Crippen molar-refractivity contribution in [3.05, 3.63) is 59.3 Å². The molecular formula is C24H30N4O3. The number of amides is 1. The molecule has 0 saturated carbocycles. The van der Waals surface area contributed by atoms with Crippen molar-refractivity contribution >= 4 is 17.7 Å². The number of nitrogens with one attached hydrogen (secondary N) is 2. The zero-order valence-corrected chi connectivity index (χ0v) is 17.7. The van der Waals surface area contributed by atoms with E-state index in [1.807, 2.05) is 35.2 Å². The molecule has 2 atom stereocenters. The van der Waals surface area contributed by atoms with E-state index in [1.54, 1.807) is 0 Å². The number of carbonyl (C=O) groups excluding carboxylic acids is 1. The van der Waals surface area contributed by atoms with Gasteiger partial charge < -0.3 is 15.7 Å². The zero-order chi connectivity index (χ0) is 21.6. The lowest BCUT2D eigenvalue weighted by molar-refractivity contribution is -0.143. The lowest BCUT2D eigenvalue weighted by atomic mass is 10.1. The Morgan fingerprint density at radius 1 is 1.23 bits per heavy atom. The third-order valence-corrected chi connectivity index (χ3v) is 6.17. The van der Waals surface area contributed by atoms with Gasteiger partial charge in [0.15, 0.2) is 0 Å². The highest BCUT2D eigenvalue weighted by molar-refractivity contribution is 5.80. The van der Waals surface area contributed by atoms with Gasteiger partial charge >= 0.3 is 5.97 Å². The smallest absolute Gasteiger partial charge is 0.325 e. The molecule has 3 heterocycles. The van der Waals surface area contributed by atoms with Crippen LogP contribution in [0, 0.1) is 5.92 Å². The monoisotopic (exact) mass is 422 g/mol. The molecule has 1 fully saturated rings. The number of carboxylic acids is 1. The van der Waals surface area contributed by atoms with Crippen LogP contribution in [0.4, 0.5) is 5.82 Å². The maximum atomic E-state index is 12.6.